The van der Waals surface area contributed by atoms with E-state index in [0.717, 1.165) is 24.8 Å². The van der Waals surface area contributed by atoms with Crippen LogP contribution >= 0.6 is 0 Å². The molecule has 0 aliphatic heterocycles. The van der Waals surface area contributed by atoms with E-state index in [9.17, 15) is 9.59 Å². The van der Waals surface area contributed by atoms with E-state index in [1.807, 2.05) is 42.2 Å². The summed E-state index contributed by atoms with van der Waals surface area (Å²) in [5.41, 5.74) is 3.54. The zero-order valence-electron chi connectivity index (χ0n) is 20.2. The molecule has 182 valence electrons. The first-order chi connectivity index (χ1) is 17.1. The molecule has 0 atom stereocenters. The second-order valence-corrected chi connectivity index (χ2v) is 8.42. The highest BCUT2D eigenvalue weighted by molar-refractivity contribution is 5.87. The molecule has 0 saturated heterocycles. The first-order valence-electron chi connectivity index (χ1n) is 12.0. The van der Waals surface area contributed by atoms with Gasteiger partial charge in [0.05, 0.1) is 0 Å². The molecule has 0 fully saturated rings. The highest BCUT2D eigenvalue weighted by Gasteiger charge is 2.18. The summed E-state index contributed by atoms with van der Waals surface area (Å²) in [5.74, 6) is -0.231. The van der Waals surface area contributed by atoms with Gasteiger partial charge in [-0.05, 0) is 61.1 Å². The van der Waals surface area contributed by atoms with Crippen LogP contribution in [-0.2, 0) is 16.0 Å². The Morgan fingerprint density at radius 3 is 2.17 bits per heavy atom. The number of ether oxygens (including phenoxy) is 1. The monoisotopic (exact) mass is 471 g/mol. The maximum absolute atomic E-state index is 12.8. The zero-order chi connectivity index (χ0) is 24.9. The SMILES string of the molecule is CC=CC(=O)N(CCCc1cccc(OCC(=O)O)c1)CCC(c1ccccc1)c1ccccc1. The molecule has 0 bridgehead atoms. The van der Waals surface area contributed by atoms with E-state index >= 15 is 0 Å². The van der Waals surface area contributed by atoms with Crippen LogP contribution < -0.4 is 4.74 Å². The number of rotatable bonds is 13. The lowest BCUT2D eigenvalue weighted by Crippen LogP contribution is -2.32. The number of carboxylic acid groups (broad SMARTS) is 1. The molecule has 3 aromatic rings. The molecular formula is C30H33NO4. The summed E-state index contributed by atoms with van der Waals surface area (Å²) in [6, 6.07) is 28.3. The summed E-state index contributed by atoms with van der Waals surface area (Å²) < 4.78 is 5.28. The zero-order valence-corrected chi connectivity index (χ0v) is 20.2. The lowest BCUT2D eigenvalue weighted by Gasteiger charge is -2.25. The van der Waals surface area contributed by atoms with E-state index in [2.05, 4.69) is 48.5 Å². The highest BCUT2D eigenvalue weighted by Crippen LogP contribution is 2.28. The molecule has 5 nitrogen and oxygen atoms in total. The van der Waals surface area contributed by atoms with Crippen LogP contribution in [0.4, 0.5) is 0 Å². The number of aliphatic carboxylic acids is 1. The molecule has 1 N–H and O–H groups in total. The van der Waals surface area contributed by atoms with Crippen molar-refractivity contribution in [3.63, 3.8) is 0 Å². The summed E-state index contributed by atoms with van der Waals surface area (Å²) in [4.78, 5) is 25.5. The van der Waals surface area contributed by atoms with E-state index in [4.69, 9.17) is 9.84 Å². The Hall–Kier alpha value is -3.86. The van der Waals surface area contributed by atoms with Gasteiger partial charge < -0.3 is 14.7 Å². The maximum Gasteiger partial charge on any atom is 0.341 e. The Morgan fingerprint density at radius 1 is 0.914 bits per heavy atom. The first kappa shape index (κ1) is 25.8. The predicted molar refractivity (Wildman–Crippen MR) is 139 cm³/mol. The fraction of sp³-hybridized carbons (Fsp3) is 0.267. The second kappa shape index (κ2) is 13.8. The summed E-state index contributed by atoms with van der Waals surface area (Å²) in [5, 5.41) is 8.81. The standard InChI is InChI=1S/C30H33NO4/c1-2-11-29(32)31(20-10-13-24-12-9-18-27(22-24)35-23-30(33)34)21-19-28(25-14-5-3-6-15-25)26-16-7-4-8-17-26/h2-9,11-12,14-18,22,28H,10,13,19-21,23H2,1H3,(H,33,34). The van der Waals surface area contributed by atoms with Crippen molar-refractivity contribution in [2.45, 2.75) is 32.1 Å². The van der Waals surface area contributed by atoms with E-state index in [0.29, 0.717) is 18.8 Å². The van der Waals surface area contributed by atoms with Gasteiger partial charge in [0.15, 0.2) is 6.61 Å². The summed E-state index contributed by atoms with van der Waals surface area (Å²) >= 11 is 0. The minimum atomic E-state index is -1.00. The molecule has 3 aromatic carbocycles. The van der Waals surface area contributed by atoms with Gasteiger partial charge in [-0.3, -0.25) is 4.79 Å². The van der Waals surface area contributed by atoms with E-state index in [1.165, 1.54) is 11.1 Å². The third kappa shape index (κ3) is 8.45. The fourth-order valence-electron chi connectivity index (χ4n) is 4.17. The van der Waals surface area contributed by atoms with Gasteiger partial charge in [0.25, 0.3) is 0 Å². The van der Waals surface area contributed by atoms with Crippen LogP contribution in [0.2, 0.25) is 0 Å². The van der Waals surface area contributed by atoms with Crippen LogP contribution in [0.15, 0.2) is 97.1 Å². The number of carbonyl (C=O) groups excluding carboxylic acids is 1. The van der Waals surface area contributed by atoms with Gasteiger partial charge in [0, 0.05) is 19.0 Å². The number of hydrogen-bond acceptors (Lipinski definition) is 3. The molecule has 0 aliphatic carbocycles. The lowest BCUT2D eigenvalue weighted by molar-refractivity contribution is -0.139. The predicted octanol–water partition coefficient (Wildman–Crippen LogP) is 5.71. The van der Waals surface area contributed by atoms with Crippen LogP contribution in [-0.4, -0.2) is 41.6 Å². The van der Waals surface area contributed by atoms with Crippen molar-refractivity contribution in [1.82, 2.24) is 4.90 Å². The number of carboxylic acids is 1. The van der Waals surface area contributed by atoms with Gasteiger partial charge in [-0.2, -0.15) is 0 Å². The molecule has 0 saturated carbocycles. The van der Waals surface area contributed by atoms with Gasteiger partial charge in [0.2, 0.25) is 5.91 Å². The first-order valence-corrected chi connectivity index (χ1v) is 12.0. The quantitative estimate of drug-likeness (QED) is 0.324. The largest absolute Gasteiger partial charge is 0.482 e. The van der Waals surface area contributed by atoms with Gasteiger partial charge >= 0.3 is 5.97 Å². The van der Waals surface area contributed by atoms with Crippen molar-refractivity contribution < 1.29 is 19.4 Å². The number of allylic oxidation sites excluding steroid dienone is 1. The molecule has 35 heavy (non-hydrogen) atoms. The second-order valence-electron chi connectivity index (χ2n) is 8.42. The topological polar surface area (TPSA) is 66.8 Å². The molecule has 0 spiro atoms. The molecule has 3 rings (SSSR count). The van der Waals surface area contributed by atoms with Crippen LogP contribution in [0.3, 0.4) is 0 Å². The van der Waals surface area contributed by atoms with Crippen LogP contribution in [0.25, 0.3) is 0 Å². The molecular weight excluding hydrogens is 438 g/mol. The molecule has 1 amide bonds. The summed E-state index contributed by atoms with van der Waals surface area (Å²) in [6.07, 6.45) is 5.80. The van der Waals surface area contributed by atoms with Crippen molar-refractivity contribution in [2.75, 3.05) is 19.7 Å². The van der Waals surface area contributed by atoms with Crippen molar-refractivity contribution in [2.24, 2.45) is 0 Å². The highest BCUT2D eigenvalue weighted by atomic mass is 16.5. The summed E-state index contributed by atoms with van der Waals surface area (Å²) in [7, 11) is 0. The Kier molecular flexibility index (Phi) is 10.1. The van der Waals surface area contributed by atoms with E-state index in [1.54, 1.807) is 18.2 Å². The molecule has 0 aliphatic rings. The number of carbonyl (C=O) groups is 2. The van der Waals surface area contributed by atoms with Crippen molar-refractivity contribution >= 4 is 11.9 Å². The average Bonchev–Trinajstić information content (AvgIpc) is 2.88. The minimum absolute atomic E-state index is 0.0194. The van der Waals surface area contributed by atoms with Gasteiger partial charge in [-0.15, -0.1) is 0 Å². The Balaban J connectivity index is 1.65. The maximum atomic E-state index is 12.8. The fourth-order valence-corrected chi connectivity index (χ4v) is 4.17. The Bertz CT molecular complexity index is 1060. The molecule has 0 aromatic heterocycles. The lowest BCUT2D eigenvalue weighted by atomic mass is 9.88. The van der Waals surface area contributed by atoms with Crippen molar-refractivity contribution in [3.05, 3.63) is 114 Å². The minimum Gasteiger partial charge on any atom is -0.482 e. The van der Waals surface area contributed by atoms with Gasteiger partial charge in [-0.1, -0.05) is 78.9 Å². The number of aryl methyl sites for hydroxylation is 1. The molecule has 0 radical (unpaired) electrons. The summed E-state index contributed by atoms with van der Waals surface area (Å²) in [6.45, 7) is 2.79. The number of benzene rings is 3. The van der Waals surface area contributed by atoms with Crippen molar-refractivity contribution in [1.29, 1.82) is 0 Å². The van der Waals surface area contributed by atoms with E-state index < -0.39 is 5.97 Å². The molecule has 5 heteroatoms. The van der Waals surface area contributed by atoms with Gasteiger partial charge in [-0.25, -0.2) is 4.79 Å². The Labute approximate surface area is 207 Å². The third-order valence-corrected chi connectivity index (χ3v) is 5.87. The van der Waals surface area contributed by atoms with E-state index in [-0.39, 0.29) is 18.4 Å². The number of nitrogens with zero attached hydrogens (tertiary/aromatic N) is 1. The van der Waals surface area contributed by atoms with Crippen LogP contribution in [0.5, 0.6) is 5.75 Å². The smallest absolute Gasteiger partial charge is 0.341 e. The number of hydrogen-bond donors (Lipinski definition) is 1. The molecule has 0 unspecified atom stereocenters. The van der Waals surface area contributed by atoms with Crippen LogP contribution in [0.1, 0.15) is 42.4 Å². The normalized spacial score (nSPS) is 11.0. The molecule has 0 heterocycles. The van der Waals surface area contributed by atoms with Crippen molar-refractivity contribution in [3.8, 4) is 5.75 Å². The van der Waals surface area contributed by atoms with Gasteiger partial charge in [0.1, 0.15) is 5.75 Å². The average molecular weight is 472 g/mol. The third-order valence-electron chi connectivity index (χ3n) is 5.87. The number of amides is 1. The Morgan fingerprint density at radius 2 is 1.57 bits per heavy atom. The van der Waals surface area contributed by atoms with Crippen LogP contribution in [0, 0.1) is 0 Å².